The molecule has 0 spiro atoms. The van der Waals surface area contributed by atoms with Crippen LogP contribution in [0.3, 0.4) is 0 Å². The van der Waals surface area contributed by atoms with Gasteiger partial charge in [0.05, 0.1) is 24.6 Å². The van der Waals surface area contributed by atoms with Gasteiger partial charge in [0.1, 0.15) is 0 Å². The van der Waals surface area contributed by atoms with E-state index in [1.807, 2.05) is 0 Å². The average molecular weight is 534 g/mol. The molecule has 8 N–H and O–H groups in total. The van der Waals surface area contributed by atoms with Gasteiger partial charge in [0.2, 0.25) is 0 Å². The van der Waals surface area contributed by atoms with Crippen molar-refractivity contribution in [2.24, 2.45) is 0 Å². The van der Waals surface area contributed by atoms with E-state index in [9.17, 15) is 18.3 Å². The van der Waals surface area contributed by atoms with Gasteiger partial charge in [-0.05, 0) is 12.8 Å². The van der Waals surface area contributed by atoms with Gasteiger partial charge in [0.25, 0.3) is 0 Å². The largest absolute Gasteiger partial charge is 1.00 e. The van der Waals surface area contributed by atoms with E-state index in [2.05, 4.69) is 0 Å². The Morgan fingerprint density at radius 2 is 0.643 bits per heavy atom. The molecule has 0 radical (unpaired) electrons. The van der Waals surface area contributed by atoms with Gasteiger partial charge in [-0.3, -0.25) is 22.5 Å². The van der Waals surface area contributed by atoms with Gasteiger partial charge in [-0.2, -0.15) is 0 Å². The van der Waals surface area contributed by atoms with Crippen molar-refractivity contribution in [3.05, 3.63) is 0 Å². The molecule has 22 heteroatoms. The predicted molar refractivity (Wildman–Crippen MR) is 86.6 cm³/mol. The van der Waals surface area contributed by atoms with Gasteiger partial charge in [-0.15, -0.1) is 11.4 Å². The van der Waals surface area contributed by atoms with E-state index in [4.69, 9.17) is 52.5 Å². The summed E-state index contributed by atoms with van der Waals surface area (Å²) in [6.07, 6.45) is -2.21. The molecule has 0 atom stereocenters. The fraction of sp³-hybridized carbons (Fsp3) is 1.00. The molecule has 0 unspecified atom stereocenters. The summed E-state index contributed by atoms with van der Waals surface area (Å²) in [6, 6.07) is 0. The summed E-state index contributed by atoms with van der Waals surface area (Å²) in [5, 5.41) is 0. The Kier molecular flexibility index (Phi) is 28.0. The Morgan fingerprint density at radius 1 is 0.536 bits per heavy atom. The zero-order valence-corrected chi connectivity index (χ0v) is 23.3. The second kappa shape index (κ2) is 19.2. The Balaban J connectivity index is -0.0000000998. The van der Waals surface area contributed by atoms with E-state index in [-0.39, 0.29) is 72.0 Å². The fourth-order valence-corrected chi connectivity index (χ4v) is 3.74. The van der Waals surface area contributed by atoms with Gasteiger partial charge < -0.3 is 48.3 Å². The van der Waals surface area contributed by atoms with Crippen LogP contribution in [0.1, 0.15) is 12.8 Å². The van der Waals surface area contributed by atoms with Crippen LogP contribution < -0.4 is 59.1 Å². The minimum absolute atomic E-state index is 0. The molecule has 0 aromatic carbocycles. The van der Waals surface area contributed by atoms with E-state index in [1.165, 1.54) is 0 Å². The van der Waals surface area contributed by atoms with Crippen LogP contribution >= 0.6 is 30.4 Å². The summed E-state index contributed by atoms with van der Waals surface area (Å²) in [7, 11) is -16.4. The zero-order chi connectivity index (χ0) is 21.8. The summed E-state index contributed by atoms with van der Waals surface area (Å²) in [6.45, 7) is 0. The summed E-state index contributed by atoms with van der Waals surface area (Å²) < 4.78 is 66.0. The van der Waals surface area contributed by atoms with E-state index in [0.717, 1.165) is 0 Å². The van der Waals surface area contributed by atoms with E-state index in [1.54, 1.807) is 0 Å². The summed E-state index contributed by atoms with van der Waals surface area (Å²) in [5.74, 6) is 0. The predicted octanol–water partition coefficient (Wildman–Crippen LogP) is -7.53. The molecule has 28 heavy (non-hydrogen) atoms. The quantitative estimate of drug-likeness (QED) is 0.0815. The maximum absolute atomic E-state index is 10.2. The second-order valence-electron chi connectivity index (χ2n) is 4.46. The molecule has 0 rings (SSSR count). The molecule has 0 heterocycles. The van der Waals surface area contributed by atoms with Crippen molar-refractivity contribution in [2.75, 3.05) is 24.6 Å². The Hall–Kier alpha value is 2.67. The molecule has 0 aromatic heterocycles. The van der Waals surface area contributed by atoms with Crippen molar-refractivity contribution in [3.63, 3.8) is 0 Å². The third-order valence-electron chi connectivity index (χ3n) is 1.80. The first kappa shape index (κ1) is 41.0. The van der Waals surface area contributed by atoms with Crippen LogP contribution in [0, 0.1) is 0 Å². The van der Waals surface area contributed by atoms with E-state index >= 15 is 0 Å². The smallest absolute Gasteiger partial charge is 0.784 e. The monoisotopic (exact) mass is 534 g/mol. The van der Waals surface area contributed by atoms with Crippen LogP contribution in [0.2, 0.25) is 0 Å². The number of hydrogen-bond acceptors (Lipinski definition) is 7. The van der Waals surface area contributed by atoms with Gasteiger partial charge >= 0.3 is 89.5 Å². The van der Waals surface area contributed by atoms with Crippen LogP contribution in [0.5, 0.6) is 0 Å². The Morgan fingerprint density at radius 3 is 0.714 bits per heavy atom. The van der Waals surface area contributed by atoms with E-state index < -0.39 is 66.4 Å². The summed E-state index contributed by atoms with van der Waals surface area (Å²) >= 11 is -3.11. The van der Waals surface area contributed by atoms with Crippen LogP contribution in [-0.4, -0.2) is 77.1 Å². The van der Waals surface area contributed by atoms with Gasteiger partial charge in [0, 0.05) is 0 Å². The molecule has 0 aliphatic heterocycles. The third-order valence-corrected chi connectivity index (χ3v) is 5.39. The number of hydrogen-bond donors (Lipinski definition) is 8. The molecule has 0 saturated carbocycles. The first-order valence-corrected chi connectivity index (χ1v) is 14.3. The topological polar surface area (TPSA) is 293 Å². The van der Waals surface area contributed by atoms with Crippen molar-refractivity contribution >= 4 is 41.7 Å². The molecule has 0 fully saturated rings. The van der Waals surface area contributed by atoms with Crippen molar-refractivity contribution in [2.45, 2.75) is 12.8 Å². The molecule has 0 amide bonds. The van der Waals surface area contributed by atoms with Crippen LogP contribution in [0.25, 0.3) is 0 Å². The second-order valence-corrected chi connectivity index (χ2v) is 12.0. The first-order chi connectivity index (χ1) is 11.1. The van der Waals surface area contributed by atoms with Crippen molar-refractivity contribution < 1.29 is 130 Å². The van der Waals surface area contributed by atoms with Crippen molar-refractivity contribution in [1.82, 2.24) is 0 Å². The van der Waals surface area contributed by atoms with Gasteiger partial charge in [-0.25, -0.2) is 0 Å². The Bertz CT molecular complexity index is 497. The molecule has 0 aliphatic carbocycles. The molecule has 0 bridgehead atoms. The maximum atomic E-state index is 10.2. The van der Waals surface area contributed by atoms with Crippen LogP contribution in [-0.2, 0) is 29.6 Å². The molecule has 162 valence electrons. The van der Waals surface area contributed by atoms with Gasteiger partial charge in [-0.1, -0.05) is 0 Å². The maximum Gasteiger partial charge on any atom is 1.00 e. The molecule has 0 aromatic rings. The van der Waals surface area contributed by atoms with Crippen LogP contribution in [0.15, 0.2) is 0 Å². The normalized spacial score (nSPS) is 11.8. The first-order valence-electron chi connectivity index (χ1n) is 6.10. The summed E-state index contributed by atoms with van der Waals surface area (Å²) in [5.41, 5.74) is 0. The Labute approximate surface area is 207 Å². The van der Waals surface area contributed by atoms with Crippen LogP contribution in [0.4, 0.5) is 0 Å². The van der Waals surface area contributed by atoms with E-state index in [0.29, 0.717) is 0 Å². The van der Waals surface area contributed by atoms with Crippen molar-refractivity contribution in [1.29, 1.82) is 0 Å². The SMILES string of the molecule is O=P(O)(O)CCCP(=O)(O)O.O=P(O)(O)CCCP(=O)(O)O.O=S([O-])[O-].[Na+].[Na+]. The fourth-order valence-electron chi connectivity index (χ4n) is 0.965. The van der Waals surface area contributed by atoms with Crippen molar-refractivity contribution in [3.8, 4) is 0 Å². The molecule has 0 saturated heterocycles. The molecular weight excluding hydrogens is 514 g/mol. The number of rotatable bonds is 8. The molecule has 15 nitrogen and oxygen atoms in total. The average Bonchev–Trinajstić information content (AvgIpc) is 2.20. The third kappa shape index (κ3) is 63.0. The minimum atomic E-state index is -4.10. The van der Waals surface area contributed by atoms with Gasteiger partial charge in [0.15, 0.2) is 0 Å². The molecule has 0 aliphatic rings. The minimum Gasteiger partial charge on any atom is -0.784 e. The standard InChI is InChI=1S/2C3H10O6P2.2Na.H2O3S/c2*4-10(5,6)2-1-3-11(7,8)9;;;1-4(2)3/h2*1-3H2,(H2,4,5,6)(H2,7,8,9);;;(H2,1,2,3)/q;;2*+1;/p-2. The zero-order valence-electron chi connectivity index (χ0n) is 14.9. The molecular formula is C6H20Na2O15P4S. The summed E-state index contributed by atoms with van der Waals surface area (Å²) in [4.78, 5) is 66.2.